The van der Waals surface area contributed by atoms with Crippen LogP contribution in [0.3, 0.4) is 0 Å². The molecular formula is C17H12Cl5N5. The van der Waals surface area contributed by atoms with E-state index in [4.69, 9.17) is 58.0 Å². The molecule has 5 nitrogen and oxygen atoms in total. The van der Waals surface area contributed by atoms with E-state index in [1.165, 1.54) is 0 Å². The highest BCUT2D eigenvalue weighted by Crippen LogP contribution is 2.37. The van der Waals surface area contributed by atoms with Crippen LogP contribution in [0.25, 0.3) is 11.4 Å². The minimum atomic E-state index is -1.80. The molecule has 0 atom stereocenters. The van der Waals surface area contributed by atoms with E-state index in [1.807, 2.05) is 12.1 Å². The number of hydrogen-bond acceptors (Lipinski definition) is 5. The second-order valence-corrected chi connectivity index (χ2v) is 8.56. The smallest absolute Gasteiger partial charge is 0.250 e. The number of pyridine rings is 1. The summed E-state index contributed by atoms with van der Waals surface area (Å²) in [4.78, 5) is 16.8. The van der Waals surface area contributed by atoms with Gasteiger partial charge in [-0.15, -0.1) is 0 Å². The highest BCUT2D eigenvalue weighted by molar-refractivity contribution is 6.66. The molecule has 2 heterocycles. The molecule has 140 valence electrons. The Morgan fingerprint density at radius 2 is 1.63 bits per heavy atom. The average molecular weight is 464 g/mol. The number of aromatic nitrogens is 4. The minimum absolute atomic E-state index is 0.00924. The molecule has 10 heteroatoms. The lowest BCUT2D eigenvalue weighted by Crippen LogP contribution is -2.15. The number of nitrogens with zero attached hydrogens (tertiary/aromatic N) is 4. The summed E-state index contributed by atoms with van der Waals surface area (Å²) < 4.78 is -1.80. The van der Waals surface area contributed by atoms with Gasteiger partial charge in [0.25, 0.3) is 0 Å². The molecule has 0 saturated carbocycles. The van der Waals surface area contributed by atoms with Crippen LogP contribution in [-0.4, -0.2) is 26.5 Å². The molecule has 3 rings (SSSR count). The van der Waals surface area contributed by atoms with Crippen LogP contribution in [0, 0.1) is 0 Å². The van der Waals surface area contributed by atoms with Gasteiger partial charge >= 0.3 is 0 Å². The first-order valence-corrected chi connectivity index (χ1v) is 9.63. The zero-order valence-corrected chi connectivity index (χ0v) is 17.4. The quantitative estimate of drug-likeness (QED) is 0.490. The van der Waals surface area contributed by atoms with Crippen LogP contribution in [0.1, 0.15) is 11.4 Å². The molecule has 2 aromatic heterocycles. The Morgan fingerprint density at radius 3 is 2.30 bits per heavy atom. The fraction of sp³-hybridized carbons (Fsp3) is 0.176. The van der Waals surface area contributed by atoms with Gasteiger partial charge in [-0.25, -0.2) is 4.98 Å². The molecule has 0 spiro atoms. The summed E-state index contributed by atoms with van der Waals surface area (Å²) in [5.41, 5.74) is 1.75. The molecule has 0 aliphatic rings. The maximum atomic E-state index is 6.08. The lowest BCUT2D eigenvalue weighted by Gasteiger charge is -2.13. The Morgan fingerprint density at radius 1 is 0.889 bits per heavy atom. The van der Waals surface area contributed by atoms with E-state index in [0.29, 0.717) is 33.9 Å². The topological polar surface area (TPSA) is 63.6 Å². The van der Waals surface area contributed by atoms with Crippen molar-refractivity contribution in [2.45, 2.75) is 10.2 Å². The molecule has 0 amide bonds. The maximum absolute atomic E-state index is 6.08. The van der Waals surface area contributed by atoms with Crippen molar-refractivity contribution in [3.8, 4) is 11.4 Å². The highest BCUT2D eigenvalue weighted by atomic mass is 35.6. The molecule has 0 aliphatic heterocycles. The van der Waals surface area contributed by atoms with Crippen LogP contribution in [0.2, 0.25) is 10.0 Å². The van der Waals surface area contributed by atoms with Crippen molar-refractivity contribution < 1.29 is 0 Å². The summed E-state index contributed by atoms with van der Waals surface area (Å²) in [5.74, 6) is 0.618. The molecule has 27 heavy (non-hydrogen) atoms. The molecule has 0 aliphatic carbocycles. The van der Waals surface area contributed by atoms with Crippen molar-refractivity contribution in [3.63, 3.8) is 0 Å². The van der Waals surface area contributed by atoms with Crippen molar-refractivity contribution in [2.24, 2.45) is 0 Å². The Bertz CT molecular complexity index is 931. The average Bonchev–Trinajstić information content (AvgIpc) is 2.64. The number of hydrogen-bond donors (Lipinski definition) is 1. The fourth-order valence-corrected chi connectivity index (χ4v) is 2.77. The lowest BCUT2D eigenvalue weighted by molar-refractivity contribution is 0.903. The maximum Gasteiger partial charge on any atom is 0.250 e. The predicted octanol–water partition coefficient (Wildman–Crippen LogP) is 5.72. The largest absolute Gasteiger partial charge is 0.354 e. The molecule has 0 radical (unpaired) electrons. The van der Waals surface area contributed by atoms with E-state index >= 15 is 0 Å². The Kier molecular flexibility index (Phi) is 6.61. The van der Waals surface area contributed by atoms with Crippen molar-refractivity contribution >= 4 is 64.0 Å². The van der Waals surface area contributed by atoms with Crippen molar-refractivity contribution in [3.05, 3.63) is 64.2 Å². The molecule has 0 saturated heterocycles. The first-order chi connectivity index (χ1) is 12.8. The van der Waals surface area contributed by atoms with Gasteiger partial charge in [-0.2, -0.15) is 9.97 Å². The van der Waals surface area contributed by atoms with Gasteiger partial charge in [0, 0.05) is 24.5 Å². The van der Waals surface area contributed by atoms with Gasteiger partial charge in [-0.05, 0) is 42.3 Å². The summed E-state index contributed by atoms with van der Waals surface area (Å²) in [6.07, 6.45) is 4.22. The van der Waals surface area contributed by atoms with E-state index in [-0.39, 0.29) is 5.82 Å². The third-order valence-corrected chi connectivity index (χ3v) is 4.76. The first-order valence-electron chi connectivity index (χ1n) is 7.74. The summed E-state index contributed by atoms with van der Waals surface area (Å²) >= 11 is 30.0. The molecular weight excluding hydrogens is 451 g/mol. The van der Waals surface area contributed by atoms with Gasteiger partial charge < -0.3 is 5.32 Å². The molecule has 1 aromatic carbocycles. The SMILES string of the molecule is Clc1ccc(-c2nc(NCCc3ccncc3)nc(C(Cl)(Cl)Cl)n2)cc1Cl. The van der Waals surface area contributed by atoms with E-state index in [1.54, 1.807) is 30.6 Å². The van der Waals surface area contributed by atoms with Crippen LogP contribution >= 0.6 is 58.0 Å². The highest BCUT2D eigenvalue weighted by Gasteiger charge is 2.28. The van der Waals surface area contributed by atoms with Gasteiger partial charge in [-0.1, -0.05) is 58.0 Å². The fourth-order valence-electron chi connectivity index (χ4n) is 2.21. The monoisotopic (exact) mass is 461 g/mol. The Balaban J connectivity index is 1.87. The summed E-state index contributed by atoms with van der Waals surface area (Å²) in [6.45, 7) is 0.578. The van der Waals surface area contributed by atoms with Gasteiger partial charge in [-0.3, -0.25) is 4.98 Å². The Labute approximate surface area is 181 Å². The molecule has 0 fully saturated rings. The predicted molar refractivity (Wildman–Crippen MR) is 111 cm³/mol. The van der Waals surface area contributed by atoms with Gasteiger partial charge in [0.2, 0.25) is 9.74 Å². The van der Waals surface area contributed by atoms with Gasteiger partial charge in [0.15, 0.2) is 11.6 Å². The zero-order chi connectivity index (χ0) is 19.4. The number of benzene rings is 1. The van der Waals surface area contributed by atoms with E-state index < -0.39 is 3.79 Å². The van der Waals surface area contributed by atoms with E-state index in [2.05, 4.69) is 25.3 Å². The number of nitrogens with one attached hydrogen (secondary N) is 1. The normalized spacial score (nSPS) is 11.4. The third kappa shape index (κ3) is 5.56. The number of anilines is 1. The second-order valence-electron chi connectivity index (χ2n) is 5.47. The van der Waals surface area contributed by atoms with Crippen LogP contribution in [0.5, 0.6) is 0 Å². The summed E-state index contributed by atoms with van der Waals surface area (Å²) in [7, 11) is 0. The van der Waals surface area contributed by atoms with E-state index in [0.717, 1.165) is 12.0 Å². The summed E-state index contributed by atoms with van der Waals surface area (Å²) in [5, 5.41) is 3.92. The van der Waals surface area contributed by atoms with Crippen LogP contribution in [-0.2, 0) is 10.2 Å². The molecule has 1 N–H and O–H groups in total. The lowest BCUT2D eigenvalue weighted by atomic mass is 10.2. The Hall–Kier alpha value is -1.37. The van der Waals surface area contributed by atoms with Gasteiger partial charge in [0.1, 0.15) is 0 Å². The van der Waals surface area contributed by atoms with Crippen molar-refractivity contribution in [1.29, 1.82) is 0 Å². The number of alkyl halides is 3. The third-order valence-electron chi connectivity index (χ3n) is 3.51. The number of halogens is 5. The summed E-state index contributed by atoms with van der Waals surface area (Å²) in [6, 6.07) is 8.88. The van der Waals surface area contributed by atoms with Crippen molar-refractivity contribution in [2.75, 3.05) is 11.9 Å². The molecule has 3 aromatic rings. The first kappa shape index (κ1) is 20.4. The van der Waals surface area contributed by atoms with E-state index in [9.17, 15) is 0 Å². The molecule has 0 bridgehead atoms. The zero-order valence-electron chi connectivity index (χ0n) is 13.6. The number of rotatable bonds is 5. The van der Waals surface area contributed by atoms with Crippen molar-refractivity contribution in [1.82, 2.24) is 19.9 Å². The van der Waals surface area contributed by atoms with Gasteiger partial charge in [0.05, 0.1) is 10.0 Å². The minimum Gasteiger partial charge on any atom is -0.354 e. The second kappa shape index (κ2) is 8.76. The van der Waals surface area contributed by atoms with Crippen LogP contribution in [0.15, 0.2) is 42.7 Å². The molecule has 0 unspecified atom stereocenters. The van der Waals surface area contributed by atoms with Crippen LogP contribution in [0.4, 0.5) is 5.95 Å². The standard InChI is InChI=1S/C17H12Cl5N5/c18-12-2-1-11(9-13(12)19)14-25-15(17(20,21)22)27-16(26-14)24-8-5-10-3-6-23-7-4-10/h1-4,6-7,9H,5,8H2,(H,24,25,26,27). The van der Waals surface area contributed by atoms with Crippen LogP contribution < -0.4 is 5.32 Å².